The Hall–Kier alpha value is -4.54. The SMILES string of the molecule is C[C@H](NC(=O)OC(C)(C)C)c1ncc(-c2cnc(-c3ccc(C4=CN=C([C@@H]5CCCN5C(=O)OC(C)(C)C)C4)cc3)nc2)[nH]1. The second-order valence-corrected chi connectivity index (χ2v) is 13.2. The molecule has 0 bridgehead atoms. The van der Waals surface area contributed by atoms with Crippen molar-refractivity contribution < 1.29 is 19.1 Å². The van der Waals surface area contributed by atoms with Gasteiger partial charge in [0.05, 0.1) is 24.0 Å². The number of imidazole rings is 1. The van der Waals surface area contributed by atoms with Crippen LogP contribution in [0, 0.1) is 0 Å². The van der Waals surface area contributed by atoms with Crippen LogP contribution in [0.3, 0.4) is 0 Å². The number of aliphatic imine (C=N–C) groups is 1. The van der Waals surface area contributed by atoms with Gasteiger partial charge in [0.25, 0.3) is 0 Å². The van der Waals surface area contributed by atoms with Gasteiger partial charge in [-0.25, -0.2) is 24.5 Å². The Bertz CT molecular complexity index is 1560. The van der Waals surface area contributed by atoms with Crippen LogP contribution < -0.4 is 5.32 Å². The van der Waals surface area contributed by atoms with E-state index in [1.807, 2.05) is 71.7 Å². The molecule has 2 aliphatic heterocycles. The number of hydrogen-bond donors (Lipinski definition) is 2. The van der Waals surface area contributed by atoms with Crippen molar-refractivity contribution in [3.63, 3.8) is 0 Å². The monoisotopic (exact) mass is 599 g/mol. The third-order valence-corrected chi connectivity index (χ3v) is 7.24. The van der Waals surface area contributed by atoms with Crippen molar-refractivity contribution in [2.45, 2.75) is 91.0 Å². The topological polar surface area (TPSA) is 135 Å². The van der Waals surface area contributed by atoms with Crippen molar-refractivity contribution in [3.8, 4) is 22.6 Å². The summed E-state index contributed by atoms with van der Waals surface area (Å²) in [7, 11) is 0. The maximum atomic E-state index is 12.8. The van der Waals surface area contributed by atoms with Crippen LogP contribution in [0.2, 0.25) is 0 Å². The zero-order valence-electron chi connectivity index (χ0n) is 26.5. The van der Waals surface area contributed by atoms with Crippen LogP contribution in [0.25, 0.3) is 28.2 Å². The van der Waals surface area contributed by atoms with Gasteiger partial charge in [-0.15, -0.1) is 0 Å². The number of amides is 2. The molecule has 0 radical (unpaired) electrons. The van der Waals surface area contributed by atoms with E-state index in [-0.39, 0.29) is 18.2 Å². The number of aromatic amines is 1. The number of rotatable bonds is 6. The highest BCUT2D eigenvalue weighted by atomic mass is 16.6. The molecule has 44 heavy (non-hydrogen) atoms. The summed E-state index contributed by atoms with van der Waals surface area (Å²) in [4.78, 5) is 48.2. The Morgan fingerprint density at radius 1 is 0.932 bits per heavy atom. The molecule has 1 saturated heterocycles. The predicted molar refractivity (Wildman–Crippen MR) is 169 cm³/mol. The van der Waals surface area contributed by atoms with Crippen molar-refractivity contribution >= 4 is 23.5 Å². The van der Waals surface area contributed by atoms with Gasteiger partial charge in [-0.05, 0) is 72.4 Å². The van der Waals surface area contributed by atoms with E-state index >= 15 is 0 Å². The molecule has 4 heterocycles. The van der Waals surface area contributed by atoms with Gasteiger partial charge in [-0.1, -0.05) is 24.3 Å². The number of H-pyrrole nitrogens is 1. The number of hydrogen-bond acceptors (Lipinski definition) is 8. The molecule has 5 rings (SSSR count). The number of nitrogens with one attached hydrogen (secondary N) is 2. The zero-order valence-corrected chi connectivity index (χ0v) is 26.5. The highest BCUT2D eigenvalue weighted by molar-refractivity contribution is 6.03. The number of carbonyl (C=O) groups is 2. The van der Waals surface area contributed by atoms with E-state index in [2.05, 4.69) is 37.4 Å². The van der Waals surface area contributed by atoms with Crippen LogP contribution in [-0.4, -0.2) is 66.5 Å². The minimum atomic E-state index is -0.578. The van der Waals surface area contributed by atoms with Gasteiger partial charge in [-0.3, -0.25) is 9.89 Å². The van der Waals surface area contributed by atoms with Gasteiger partial charge >= 0.3 is 12.2 Å². The zero-order chi connectivity index (χ0) is 31.6. The lowest BCUT2D eigenvalue weighted by Crippen LogP contribution is -2.43. The van der Waals surface area contributed by atoms with Crippen molar-refractivity contribution in [1.82, 2.24) is 30.2 Å². The third kappa shape index (κ3) is 7.50. The molecule has 2 atom stereocenters. The fourth-order valence-corrected chi connectivity index (χ4v) is 5.19. The summed E-state index contributed by atoms with van der Waals surface area (Å²) in [6.07, 6.45) is 8.86. The number of carbonyl (C=O) groups excluding carboxylic acids is 2. The summed E-state index contributed by atoms with van der Waals surface area (Å²) < 4.78 is 11.0. The van der Waals surface area contributed by atoms with Crippen LogP contribution in [0.4, 0.5) is 9.59 Å². The Labute approximate surface area is 258 Å². The van der Waals surface area contributed by atoms with Crippen molar-refractivity contribution in [2.24, 2.45) is 4.99 Å². The highest BCUT2D eigenvalue weighted by Crippen LogP contribution is 2.31. The Balaban J connectivity index is 1.18. The Morgan fingerprint density at radius 2 is 1.59 bits per heavy atom. The molecule has 2 aliphatic rings. The van der Waals surface area contributed by atoms with Crippen molar-refractivity contribution in [2.75, 3.05) is 6.54 Å². The van der Waals surface area contributed by atoms with E-state index < -0.39 is 17.3 Å². The molecule has 1 aromatic carbocycles. The van der Waals surface area contributed by atoms with Crippen molar-refractivity contribution in [1.29, 1.82) is 0 Å². The molecule has 2 amide bonds. The standard InChI is InChI=1S/C33H41N7O4/c1-20(38-30(41)43-32(2,3)4)28-37-19-26(39-28)24-17-35-29(36-18-24)22-12-10-21(11-13-22)23-15-25(34-16-23)27-9-8-14-40(27)31(42)44-33(5,6)7/h10-13,16-20,27H,8-9,14-15H2,1-7H3,(H,37,39)(H,38,41)/t20-,27-/m0/s1. The van der Waals surface area contributed by atoms with E-state index in [1.165, 1.54) is 0 Å². The van der Waals surface area contributed by atoms with Crippen LogP contribution in [0.5, 0.6) is 0 Å². The second-order valence-electron chi connectivity index (χ2n) is 13.2. The quantitative estimate of drug-likeness (QED) is 0.322. The number of ether oxygens (including phenoxy) is 2. The largest absolute Gasteiger partial charge is 0.444 e. The molecule has 0 aliphatic carbocycles. The lowest BCUT2D eigenvalue weighted by molar-refractivity contribution is 0.0265. The highest BCUT2D eigenvalue weighted by Gasteiger charge is 2.36. The normalized spacial score (nSPS) is 17.6. The number of likely N-dealkylation sites (tertiary alicyclic amines) is 1. The number of nitrogens with zero attached hydrogens (tertiary/aromatic N) is 5. The summed E-state index contributed by atoms with van der Waals surface area (Å²) in [5.41, 5.74) is 4.51. The fourth-order valence-electron chi connectivity index (χ4n) is 5.19. The van der Waals surface area contributed by atoms with Gasteiger partial charge in [0.2, 0.25) is 0 Å². The lowest BCUT2D eigenvalue weighted by Gasteiger charge is -2.28. The molecular formula is C33H41N7O4. The molecule has 1 fully saturated rings. The maximum Gasteiger partial charge on any atom is 0.410 e. The van der Waals surface area contributed by atoms with Gasteiger partial charge in [0.15, 0.2) is 5.82 Å². The fraction of sp³-hybridized carbons (Fsp3) is 0.455. The van der Waals surface area contributed by atoms with Crippen LogP contribution in [0.15, 0.2) is 54.0 Å². The number of alkyl carbamates (subject to hydrolysis) is 1. The van der Waals surface area contributed by atoms with Crippen LogP contribution in [-0.2, 0) is 9.47 Å². The van der Waals surface area contributed by atoms with E-state index in [1.54, 1.807) is 18.6 Å². The summed E-state index contributed by atoms with van der Waals surface area (Å²) in [5.74, 6) is 1.21. The summed E-state index contributed by atoms with van der Waals surface area (Å²) >= 11 is 0. The minimum Gasteiger partial charge on any atom is -0.444 e. The molecular weight excluding hydrogens is 558 g/mol. The lowest BCUT2D eigenvalue weighted by atomic mass is 9.98. The van der Waals surface area contributed by atoms with Gasteiger partial charge in [0.1, 0.15) is 17.0 Å². The third-order valence-electron chi connectivity index (χ3n) is 7.24. The van der Waals surface area contributed by atoms with E-state index in [0.717, 1.165) is 46.5 Å². The first-order valence-corrected chi connectivity index (χ1v) is 15.0. The smallest absolute Gasteiger partial charge is 0.410 e. The van der Waals surface area contributed by atoms with Crippen LogP contribution >= 0.6 is 0 Å². The Kier molecular flexibility index (Phi) is 8.58. The average Bonchev–Trinajstić information content (AvgIpc) is 3.72. The molecule has 0 unspecified atom stereocenters. The first-order valence-electron chi connectivity index (χ1n) is 15.0. The summed E-state index contributed by atoms with van der Waals surface area (Å²) in [5, 5.41) is 2.78. The van der Waals surface area contributed by atoms with E-state index in [4.69, 9.17) is 14.5 Å². The van der Waals surface area contributed by atoms with Gasteiger partial charge in [-0.2, -0.15) is 0 Å². The van der Waals surface area contributed by atoms with E-state index in [9.17, 15) is 9.59 Å². The molecule has 11 heteroatoms. The summed E-state index contributed by atoms with van der Waals surface area (Å²) in [6.45, 7) is 13.6. The number of aromatic nitrogens is 4. The summed E-state index contributed by atoms with van der Waals surface area (Å²) in [6, 6.07) is 7.72. The molecule has 2 N–H and O–H groups in total. The molecule has 0 saturated carbocycles. The predicted octanol–water partition coefficient (Wildman–Crippen LogP) is 6.70. The number of allylic oxidation sites excluding steroid dienone is 1. The molecule has 3 aromatic rings. The molecule has 2 aromatic heterocycles. The molecule has 0 spiro atoms. The second kappa shape index (κ2) is 12.2. The first kappa shape index (κ1) is 30.9. The first-order chi connectivity index (χ1) is 20.8. The van der Waals surface area contributed by atoms with Crippen LogP contribution in [0.1, 0.15) is 85.2 Å². The molecule has 232 valence electrons. The minimum absolute atomic E-state index is 0.0276. The Morgan fingerprint density at radius 3 is 2.25 bits per heavy atom. The average molecular weight is 600 g/mol. The number of benzene rings is 1. The van der Waals surface area contributed by atoms with Gasteiger partial charge in [0, 0.05) is 48.4 Å². The maximum absolute atomic E-state index is 12.8. The molecule has 11 nitrogen and oxygen atoms in total. The van der Waals surface area contributed by atoms with Crippen molar-refractivity contribution in [3.05, 3.63) is 60.4 Å². The van der Waals surface area contributed by atoms with Gasteiger partial charge < -0.3 is 19.8 Å². The van der Waals surface area contributed by atoms with E-state index in [0.29, 0.717) is 24.6 Å².